The summed E-state index contributed by atoms with van der Waals surface area (Å²) in [4.78, 5) is 2.56. The maximum atomic E-state index is 3.61. The number of rotatable bonds is 6. The molecule has 1 N–H and O–H groups in total. The van der Waals surface area contributed by atoms with Crippen LogP contribution in [-0.4, -0.2) is 31.1 Å². The molecule has 0 saturated carbocycles. The Kier molecular flexibility index (Phi) is 4.85. The number of hydrogen-bond donors (Lipinski definition) is 1. The zero-order valence-corrected chi connectivity index (χ0v) is 7.89. The van der Waals surface area contributed by atoms with Gasteiger partial charge in [0.25, 0.3) is 0 Å². The molecule has 0 aliphatic carbocycles. The molecule has 0 aromatic heterocycles. The minimum atomic E-state index is 1.08. The van der Waals surface area contributed by atoms with E-state index < -0.39 is 0 Å². The van der Waals surface area contributed by atoms with Crippen LogP contribution in [0.2, 0.25) is 0 Å². The molecule has 2 heteroatoms. The van der Waals surface area contributed by atoms with Crippen LogP contribution in [0.1, 0.15) is 25.7 Å². The third kappa shape index (κ3) is 3.77. The van der Waals surface area contributed by atoms with Gasteiger partial charge in [-0.05, 0) is 51.5 Å². The van der Waals surface area contributed by atoms with Gasteiger partial charge >= 0.3 is 0 Å². The molecule has 0 unspecified atom stereocenters. The fourth-order valence-electron chi connectivity index (χ4n) is 1.67. The standard InChI is InChI=1S/C10H20N2/c1-2-11-7-3-4-8-12-9-5-6-10-12/h2,11H,1,3-10H2. The van der Waals surface area contributed by atoms with Crippen molar-refractivity contribution in [1.29, 1.82) is 0 Å². The summed E-state index contributed by atoms with van der Waals surface area (Å²) < 4.78 is 0. The second-order valence-electron chi connectivity index (χ2n) is 3.41. The second kappa shape index (κ2) is 6.06. The van der Waals surface area contributed by atoms with Gasteiger partial charge in [0.1, 0.15) is 0 Å². The first-order valence-electron chi connectivity index (χ1n) is 5.00. The quantitative estimate of drug-likeness (QED) is 0.606. The maximum Gasteiger partial charge on any atom is 0.0141 e. The maximum absolute atomic E-state index is 3.61. The van der Waals surface area contributed by atoms with Crippen molar-refractivity contribution in [2.24, 2.45) is 0 Å². The Labute approximate surface area is 75.6 Å². The Bertz CT molecular complexity index is 117. The molecule has 1 heterocycles. The minimum absolute atomic E-state index is 1.08. The van der Waals surface area contributed by atoms with Crippen molar-refractivity contribution in [3.8, 4) is 0 Å². The highest BCUT2D eigenvalue weighted by atomic mass is 15.1. The summed E-state index contributed by atoms with van der Waals surface area (Å²) in [7, 11) is 0. The first-order valence-corrected chi connectivity index (χ1v) is 5.00. The molecule has 0 amide bonds. The molecule has 0 aromatic rings. The predicted molar refractivity (Wildman–Crippen MR) is 53.1 cm³/mol. The van der Waals surface area contributed by atoms with E-state index >= 15 is 0 Å². The van der Waals surface area contributed by atoms with E-state index in [9.17, 15) is 0 Å². The molecule has 1 aliphatic rings. The van der Waals surface area contributed by atoms with Crippen molar-refractivity contribution in [2.45, 2.75) is 25.7 Å². The lowest BCUT2D eigenvalue weighted by Gasteiger charge is -2.13. The van der Waals surface area contributed by atoms with E-state index in [1.165, 1.54) is 45.3 Å². The van der Waals surface area contributed by atoms with Gasteiger partial charge in [-0.15, -0.1) is 0 Å². The molecule has 1 aliphatic heterocycles. The minimum Gasteiger partial charge on any atom is -0.391 e. The molecular weight excluding hydrogens is 148 g/mol. The van der Waals surface area contributed by atoms with Crippen LogP contribution in [0.15, 0.2) is 12.8 Å². The van der Waals surface area contributed by atoms with Gasteiger partial charge in [-0.3, -0.25) is 0 Å². The Morgan fingerprint density at radius 3 is 2.67 bits per heavy atom. The van der Waals surface area contributed by atoms with Crippen molar-refractivity contribution in [2.75, 3.05) is 26.2 Å². The van der Waals surface area contributed by atoms with Crippen molar-refractivity contribution in [1.82, 2.24) is 10.2 Å². The Hall–Kier alpha value is -0.500. The molecule has 70 valence electrons. The fourth-order valence-corrected chi connectivity index (χ4v) is 1.67. The highest BCUT2D eigenvalue weighted by Crippen LogP contribution is 2.07. The van der Waals surface area contributed by atoms with Gasteiger partial charge in [0.05, 0.1) is 0 Å². The van der Waals surface area contributed by atoms with E-state index in [0.717, 1.165) is 6.54 Å². The zero-order chi connectivity index (χ0) is 8.65. The number of nitrogens with one attached hydrogen (secondary N) is 1. The summed E-state index contributed by atoms with van der Waals surface area (Å²) in [6.07, 6.45) is 7.18. The number of hydrogen-bond acceptors (Lipinski definition) is 2. The van der Waals surface area contributed by atoms with Crippen LogP contribution in [0.5, 0.6) is 0 Å². The third-order valence-corrected chi connectivity index (χ3v) is 2.39. The van der Waals surface area contributed by atoms with Gasteiger partial charge < -0.3 is 10.2 Å². The molecule has 1 rings (SSSR count). The van der Waals surface area contributed by atoms with E-state index in [2.05, 4.69) is 16.8 Å². The van der Waals surface area contributed by atoms with E-state index in [4.69, 9.17) is 0 Å². The monoisotopic (exact) mass is 168 g/mol. The number of nitrogens with zero attached hydrogens (tertiary/aromatic N) is 1. The van der Waals surface area contributed by atoms with Crippen LogP contribution in [0.25, 0.3) is 0 Å². The van der Waals surface area contributed by atoms with Gasteiger partial charge in [0, 0.05) is 6.54 Å². The molecule has 0 atom stereocenters. The van der Waals surface area contributed by atoms with Gasteiger partial charge in [-0.1, -0.05) is 6.58 Å². The summed E-state index contributed by atoms with van der Waals surface area (Å²) >= 11 is 0. The SMILES string of the molecule is C=CNCCCCN1CCCC1. The second-order valence-corrected chi connectivity index (χ2v) is 3.41. The molecule has 0 bridgehead atoms. The van der Waals surface area contributed by atoms with E-state index in [1.807, 2.05) is 0 Å². The Morgan fingerprint density at radius 1 is 1.25 bits per heavy atom. The molecular formula is C10H20N2. The third-order valence-electron chi connectivity index (χ3n) is 2.39. The largest absolute Gasteiger partial charge is 0.391 e. The van der Waals surface area contributed by atoms with Crippen molar-refractivity contribution in [3.63, 3.8) is 0 Å². The number of unbranched alkanes of at least 4 members (excludes halogenated alkanes) is 1. The van der Waals surface area contributed by atoms with Crippen LogP contribution in [-0.2, 0) is 0 Å². The van der Waals surface area contributed by atoms with Crippen LogP contribution < -0.4 is 5.32 Å². The smallest absolute Gasteiger partial charge is 0.0141 e. The van der Waals surface area contributed by atoms with Gasteiger partial charge in [0.2, 0.25) is 0 Å². The topological polar surface area (TPSA) is 15.3 Å². The average molecular weight is 168 g/mol. The lowest BCUT2D eigenvalue weighted by Crippen LogP contribution is -2.21. The highest BCUT2D eigenvalue weighted by Gasteiger charge is 2.09. The predicted octanol–water partition coefficient (Wildman–Crippen LogP) is 1.60. The lowest BCUT2D eigenvalue weighted by molar-refractivity contribution is 0.330. The molecule has 0 aromatic carbocycles. The van der Waals surface area contributed by atoms with Crippen molar-refractivity contribution < 1.29 is 0 Å². The Balaban J connectivity index is 1.84. The lowest BCUT2D eigenvalue weighted by atomic mass is 10.3. The van der Waals surface area contributed by atoms with Crippen LogP contribution >= 0.6 is 0 Å². The summed E-state index contributed by atoms with van der Waals surface area (Å²) in [5, 5.41) is 3.12. The summed E-state index contributed by atoms with van der Waals surface area (Å²) in [5.74, 6) is 0. The molecule has 1 fully saturated rings. The normalized spacial score (nSPS) is 18.0. The summed E-state index contributed by atoms with van der Waals surface area (Å²) in [6.45, 7) is 8.64. The molecule has 0 spiro atoms. The first-order chi connectivity index (χ1) is 5.93. The van der Waals surface area contributed by atoms with E-state index in [0.29, 0.717) is 0 Å². The number of likely N-dealkylation sites (tertiary alicyclic amines) is 1. The van der Waals surface area contributed by atoms with E-state index in [-0.39, 0.29) is 0 Å². The summed E-state index contributed by atoms with van der Waals surface area (Å²) in [5.41, 5.74) is 0. The van der Waals surface area contributed by atoms with Crippen LogP contribution in [0, 0.1) is 0 Å². The van der Waals surface area contributed by atoms with Gasteiger partial charge in [-0.25, -0.2) is 0 Å². The van der Waals surface area contributed by atoms with Crippen LogP contribution in [0.4, 0.5) is 0 Å². The van der Waals surface area contributed by atoms with E-state index in [1.54, 1.807) is 6.20 Å². The fraction of sp³-hybridized carbons (Fsp3) is 0.800. The zero-order valence-electron chi connectivity index (χ0n) is 7.89. The van der Waals surface area contributed by atoms with Crippen LogP contribution in [0.3, 0.4) is 0 Å². The van der Waals surface area contributed by atoms with Gasteiger partial charge in [-0.2, -0.15) is 0 Å². The molecule has 12 heavy (non-hydrogen) atoms. The molecule has 1 saturated heterocycles. The molecule has 0 radical (unpaired) electrons. The van der Waals surface area contributed by atoms with Gasteiger partial charge in [0.15, 0.2) is 0 Å². The Morgan fingerprint density at radius 2 is 2.00 bits per heavy atom. The first kappa shape index (κ1) is 9.59. The summed E-state index contributed by atoms with van der Waals surface area (Å²) in [6, 6.07) is 0. The molecule has 2 nitrogen and oxygen atoms in total. The highest BCUT2D eigenvalue weighted by molar-refractivity contribution is 4.67. The van der Waals surface area contributed by atoms with Crippen molar-refractivity contribution >= 4 is 0 Å². The average Bonchev–Trinajstić information content (AvgIpc) is 2.57. The van der Waals surface area contributed by atoms with Crippen molar-refractivity contribution in [3.05, 3.63) is 12.8 Å².